The Morgan fingerprint density at radius 1 is 1.04 bits per heavy atom. The molecule has 0 aliphatic rings. The summed E-state index contributed by atoms with van der Waals surface area (Å²) in [6, 6.07) is 15.7. The second kappa shape index (κ2) is 8.09. The minimum atomic E-state index is -3.66. The molecule has 2 N–H and O–H groups in total. The Hall–Kier alpha value is -3.06. The molecule has 6 nitrogen and oxygen atoms in total. The Kier molecular flexibility index (Phi) is 5.61. The Morgan fingerprint density at radius 3 is 2.41 bits per heavy atom. The lowest BCUT2D eigenvalue weighted by Crippen LogP contribution is -2.13. The first-order valence-corrected chi connectivity index (χ1v) is 9.86. The van der Waals surface area contributed by atoms with Crippen LogP contribution in [0.2, 0.25) is 0 Å². The van der Waals surface area contributed by atoms with Crippen LogP contribution in [0.5, 0.6) is 5.75 Å². The van der Waals surface area contributed by atoms with Crippen molar-refractivity contribution in [3.05, 3.63) is 78.1 Å². The first-order chi connectivity index (χ1) is 13.0. The molecule has 0 saturated carbocycles. The number of nitrogens with zero attached hydrogens (tertiary/aromatic N) is 1. The highest BCUT2D eigenvalue weighted by atomic mass is 32.2. The molecule has 0 unspecified atom stereocenters. The van der Waals surface area contributed by atoms with Crippen LogP contribution < -0.4 is 14.8 Å². The Balaban J connectivity index is 1.67. The van der Waals surface area contributed by atoms with Crippen molar-refractivity contribution < 1.29 is 13.2 Å². The second-order valence-electron chi connectivity index (χ2n) is 6.03. The maximum atomic E-state index is 12.6. The smallest absolute Gasteiger partial charge is 0.261 e. The lowest BCUT2D eigenvalue weighted by molar-refractivity contribution is 0.411. The van der Waals surface area contributed by atoms with Gasteiger partial charge in [-0.25, -0.2) is 8.42 Å². The van der Waals surface area contributed by atoms with Crippen LogP contribution >= 0.6 is 0 Å². The normalized spacial score (nSPS) is 11.0. The number of aromatic nitrogens is 1. The molecule has 0 atom stereocenters. The van der Waals surface area contributed by atoms with E-state index in [0.717, 1.165) is 16.8 Å². The summed E-state index contributed by atoms with van der Waals surface area (Å²) >= 11 is 0. The van der Waals surface area contributed by atoms with E-state index >= 15 is 0 Å². The summed E-state index contributed by atoms with van der Waals surface area (Å²) in [5, 5.41) is 3.27. The molecule has 2 aromatic carbocycles. The summed E-state index contributed by atoms with van der Waals surface area (Å²) in [4.78, 5) is 4.27. The van der Waals surface area contributed by atoms with Crippen molar-refractivity contribution >= 4 is 21.4 Å². The van der Waals surface area contributed by atoms with Crippen LogP contribution in [0.3, 0.4) is 0 Å². The van der Waals surface area contributed by atoms with Crippen LogP contribution in [-0.2, 0) is 16.6 Å². The van der Waals surface area contributed by atoms with Gasteiger partial charge in [0.15, 0.2) is 0 Å². The number of ether oxygens (including phenoxy) is 1. The van der Waals surface area contributed by atoms with Gasteiger partial charge in [-0.3, -0.25) is 9.71 Å². The van der Waals surface area contributed by atoms with E-state index in [9.17, 15) is 8.42 Å². The second-order valence-corrected chi connectivity index (χ2v) is 7.71. The molecule has 140 valence electrons. The number of hydrogen-bond acceptors (Lipinski definition) is 5. The Bertz CT molecular complexity index is 1000. The van der Waals surface area contributed by atoms with Gasteiger partial charge in [0.2, 0.25) is 0 Å². The van der Waals surface area contributed by atoms with E-state index in [4.69, 9.17) is 4.74 Å². The van der Waals surface area contributed by atoms with Gasteiger partial charge in [0, 0.05) is 30.3 Å². The Labute approximate surface area is 159 Å². The summed E-state index contributed by atoms with van der Waals surface area (Å²) in [6.45, 7) is 2.45. The molecule has 0 spiro atoms. The van der Waals surface area contributed by atoms with E-state index in [1.807, 2.05) is 24.3 Å². The topological polar surface area (TPSA) is 80.3 Å². The van der Waals surface area contributed by atoms with Crippen LogP contribution in [0, 0.1) is 6.92 Å². The fraction of sp³-hybridized carbons (Fsp3) is 0.150. The highest BCUT2D eigenvalue weighted by Crippen LogP contribution is 2.23. The summed E-state index contributed by atoms with van der Waals surface area (Å²) in [5.74, 6) is 0.651. The molecule has 7 heteroatoms. The fourth-order valence-corrected chi connectivity index (χ4v) is 3.74. The first kappa shape index (κ1) is 18.7. The zero-order chi connectivity index (χ0) is 19.3. The van der Waals surface area contributed by atoms with Crippen molar-refractivity contribution in [2.75, 3.05) is 17.1 Å². The molecule has 0 aliphatic carbocycles. The molecule has 0 saturated heterocycles. The monoisotopic (exact) mass is 383 g/mol. The lowest BCUT2D eigenvalue weighted by atomic mass is 10.2. The number of pyridine rings is 1. The van der Waals surface area contributed by atoms with Crippen molar-refractivity contribution in [3.63, 3.8) is 0 Å². The molecular weight excluding hydrogens is 362 g/mol. The van der Waals surface area contributed by atoms with Gasteiger partial charge >= 0.3 is 0 Å². The van der Waals surface area contributed by atoms with Gasteiger partial charge in [0.25, 0.3) is 10.0 Å². The van der Waals surface area contributed by atoms with Crippen LogP contribution in [0.25, 0.3) is 0 Å². The third-order valence-corrected chi connectivity index (χ3v) is 5.41. The standard InChI is InChI=1S/C20H21N3O3S/c1-15-12-19(9-10-20(15)26-2)27(24,25)23-18-7-5-17(6-8-18)22-14-16-4-3-11-21-13-16/h3-13,22-23H,14H2,1-2H3. The number of hydrogen-bond donors (Lipinski definition) is 2. The van der Waals surface area contributed by atoms with Crippen LogP contribution in [0.1, 0.15) is 11.1 Å². The van der Waals surface area contributed by atoms with Crippen molar-refractivity contribution in [3.8, 4) is 5.75 Å². The molecule has 0 aliphatic heterocycles. The molecule has 1 heterocycles. The third-order valence-electron chi connectivity index (χ3n) is 4.03. The maximum Gasteiger partial charge on any atom is 0.261 e. The number of anilines is 2. The third kappa shape index (κ3) is 4.77. The molecule has 27 heavy (non-hydrogen) atoms. The highest BCUT2D eigenvalue weighted by Gasteiger charge is 2.15. The molecule has 3 rings (SSSR count). The number of benzene rings is 2. The number of nitrogens with one attached hydrogen (secondary N) is 2. The molecule has 0 amide bonds. The van der Waals surface area contributed by atoms with Gasteiger partial charge in [0.05, 0.1) is 12.0 Å². The van der Waals surface area contributed by atoms with Gasteiger partial charge in [-0.15, -0.1) is 0 Å². The lowest BCUT2D eigenvalue weighted by Gasteiger charge is -2.11. The van der Waals surface area contributed by atoms with E-state index in [2.05, 4.69) is 15.0 Å². The molecule has 1 aromatic heterocycles. The minimum absolute atomic E-state index is 0.194. The van der Waals surface area contributed by atoms with E-state index in [1.165, 1.54) is 6.07 Å². The SMILES string of the molecule is COc1ccc(S(=O)(=O)Nc2ccc(NCc3cccnc3)cc2)cc1C. The van der Waals surface area contributed by atoms with Gasteiger partial charge in [-0.1, -0.05) is 6.07 Å². The summed E-state index contributed by atoms with van der Waals surface area (Å²) < 4.78 is 32.9. The average molecular weight is 383 g/mol. The predicted octanol–water partition coefficient (Wildman–Crippen LogP) is 3.81. The van der Waals surface area contributed by atoms with Crippen molar-refractivity contribution in [2.45, 2.75) is 18.4 Å². The van der Waals surface area contributed by atoms with E-state index in [1.54, 1.807) is 50.7 Å². The van der Waals surface area contributed by atoms with Crippen LogP contribution in [0.4, 0.5) is 11.4 Å². The molecular formula is C20H21N3O3S. The zero-order valence-electron chi connectivity index (χ0n) is 15.1. The highest BCUT2D eigenvalue weighted by molar-refractivity contribution is 7.92. The van der Waals surface area contributed by atoms with Gasteiger partial charge in [-0.05, 0) is 66.6 Å². The van der Waals surface area contributed by atoms with E-state index in [-0.39, 0.29) is 4.90 Å². The number of sulfonamides is 1. The summed E-state index contributed by atoms with van der Waals surface area (Å²) in [6.07, 6.45) is 3.53. The number of aryl methyl sites for hydroxylation is 1. The zero-order valence-corrected chi connectivity index (χ0v) is 16.0. The first-order valence-electron chi connectivity index (χ1n) is 8.38. The summed E-state index contributed by atoms with van der Waals surface area (Å²) in [7, 11) is -2.11. The molecule has 3 aromatic rings. The molecule has 0 bridgehead atoms. The predicted molar refractivity (Wildman–Crippen MR) is 107 cm³/mol. The minimum Gasteiger partial charge on any atom is -0.496 e. The quantitative estimate of drug-likeness (QED) is 0.648. The Morgan fingerprint density at radius 2 is 1.78 bits per heavy atom. The van der Waals surface area contributed by atoms with E-state index in [0.29, 0.717) is 18.0 Å². The van der Waals surface area contributed by atoms with Crippen LogP contribution in [-0.4, -0.2) is 20.5 Å². The average Bonchev–Trinajstić information content (AvgIpc) is 2.68. The van der Waals surface area contributed by atoms with Gasteiger partial charge in [-0.2, -0.15) is 0 Å². The fourth-order valence-electron chi connectivity index (χ4n) is 2.60. The number of methoxy groups -OCH3 is 1. The van der Waals surface area contributed by atoms with Crippen LogP contribution in [0.15, 0.2) is 71.9 Å². The summed E-state index contributed by atoms with van der Waals surface area (Å²) in [5.41, 5.74) is 3.21. The van der Waals surface area contributed by atoms with Crippen molar-refractivity contribution in [1.82, 2.24) is 4.98 Å². The maximum absolute atomic E-state index is 12.6. The largest absolute Gasteiger partial charge is 0.496 e. The molecule has 0 radical (unpaired) electrons. The van der Waals surface area contributed by atoms with Gasteiger partial charge < -0.3 is 10.1 Å². The van der Waals surface area contributed by atoms with Gasteiger partial charge in [0.1, 0.15) is 5.75 Å². The van der Waals surface area contributed by atoms with Crippen molar-refractivity contribution in [1.29, 1.82) is 0 Å². The molecule has 0 fully saturated rings. The number of rotatable bonds is 7. The van der Waals surface area contributed by atoms with E-state index < -0.39 is 10.0 Å². The van der Waals surface area contributed by atoms with Crippen molar-refractivity contribution in [2.24, 2.45) is 0 Å².